The van der Waals surface area contributed by atoms with Crippen LogP contribution >= 0.6 is 0 Å². The number of rotatable bonds is 5. The predicted molar refractivity (Wildman–Crippen MR) is 108 cm³/mol. The number of hydrogen-bond donors (Lipinski definition) is 0. The van der Waals surface area contributed by atoms with Gasteiger partial charge in [0.05, 0.1) is 17.9 Å². The first-order chi connectivity index (χ1) is 13.3. The standard InChI is InChI=1S/C22H26N2O4/c1-15(2)27-21(25)24(22(26)28-16(3)4)23-20(18-11-7-6-8-12-18)19-13-9-10-17(5)14-19/h6-16H,1-5H3/b23-20-. The Kier molecular flexibility index (Phi) is 7.32. The molecule has 0 aliphatic heterocycles. The Labute approximate surface area is 165 Å². The maximum Gasteiger partial charge on any atom is 0.440 e. The van der Waals surface area contributed by atoms with Gasteiger partial charge in [-0.3, -0.25) is 0 Å². The molecule has 0 bridgehead atoms. The van der Waals surface area contributed by atoms with Crippen molar-refractivity contribution in [3.63, 3.8) is 0 Å². The minimum Gasteiger partial charge on any atom is -0.445 e. The molecule has 0 N–H and O–H groups in total. The molecule has 148 valence electrons. The Bertz CT molecular complexity index is 823. The smallest absolute Gasteiger partial charge is 0.440 e. The van der Waals surface area contributed by atoms with Gasteiger partial charge in [-0.15, -0.1) is 0 Å². The highest BCUT2D eigenvalue weighted by Crippen LogP contribution is 2.15. The highest BCUT2D eigenvalue weighted by molar-refractivity contribution is 6.13. The minimum atomic E-state index is -0.887. The van der Waals surface area contributed by atoms with E-state index in [1.807, 2.05) is 61.5 Å². The van der Waals surface area contributed by atoms with Crippen molar-refractivity contribution in [2.24, 2.45) is 5.10 Å². The van der Waals surface area contributed by atoms with Crippen molar-refractivity contribution in [2.45, 2.75) is 46.8 Å². The van der Waals surface area contributed by atoms with E-state index >= 15 is 0 Å². The molecule has 0 aromatic heterocycles. The molecule has 0 heterocycles. The number of hydrazone groups is 1. The van der Waals surface area contributed by atoms with Crippen molar-refractivity contribution in [3.05, 3.63) is 71.3 Å². The van der Waals surface area contributed by atoms with E-state index < -0.39 is 24.4 Å². The molecule has 0 fully saturated rings. The molecular weight excluding hydrogens is 356 g/mol. The average Bonchev–Trinajstić information content (AvgIpc) is 2.61. The van der Waals surface area contributed by atoms with Crippen molar-refractivity contribution in [1.29, 1.82) is 0 Å². The Morgan fingerprint density at radius 1 is 0.821 bits per heavy atom. The molecule has 0 spiro atoms. The second kappa shape index (κ2) is 9.69. The van der Waals surface area contributed by atoms with Crippen LogP contribution in [0.5, 0.6) is 0 Å². The van der Waals surface area contributed by atoms with E-state index in [-0.39, 0.29) is 0 Å². The van der Waals surface area contributed by atoms with E-state index in [2.05, 4.69) is 5.10 Å². The van der Waals surface area contributed by atoms with E-state index in [1.54, 1.807) is 27.7 Å². The fourth-order valence-electron chi connectivity index (χ4n) is 2.43. The fraction of sp³-hybridized carbons (Fsp3) is 0.318. The zero-order valence-electron chi connectivity index (χ0n) is 16.9. The van der Waals surface area contributed by atoms with Crippen LogP contribution in [0.15, 0.2) is 59.7 Å². The topological polar surface area (TPSA) is 68.2 Å². The second-order valence-electron chi connectivity index (χ2n) is 6.86. The molecule has 6 nitrogen and oxygen atoms in total. The summed E-state index contributed by atoms with van der Waals surface area (Å²) in [5.41, 5.74) is 3.02. The first-order valence-electron chi connectivity index (χ1n) is 9.20. The van der Waals surface area contributed by atoms with Crippen molar-refractivity contribution < 1.29 is 19.1 Å². The van der Waals surface area contributed by atoms with Crippen LogP contribution in [-0.2, 0) is 9.47 Å². The largest absolute Gasteiger partial charge is 0.445 e. The molecular formula is C22H26N2O4. The van der Waals surface area contributed by atoms with E-state index in [4.69, 9.17) is 9.47 Å². The average molecular weight is 382 g/mol. The lowest BCUT2D eigenvalue weighted by Gasteiger charge is -2.20. The van der Waals surface area contributed by atoms with Crippen molar-refractivity contribution in [1.82, 2.24) is 5.01 Å². The zero-order chi connectivity index (χ0) is 20.7. The quantitative estimate of drug-likeness (QED) is 0.530. The number of amides is 2. The maximum absolute atomic E-state index is 12.5. The number of ether oxygens (including phenoxy) is 2. The van der Waals surface area contributed by atoms with Crippen LogP contribution in [-0.4, -0.2) is 35.1 Å². The first-order valence-corrected chi connectivity index (χ1v) is 9.20. The van der Waals surface area contributed by atoms with Gasteiger partial charge in [0.1, 0.15) is 0 Å². The summed E-state index contributed by atoms with van der Waals surface area (Å²) in [6, 6.07) is 17.0. The van der Waals surface area contributed by atoms with Crippen molar-refractivity contribution in [2.75, 3.05) is 0 Å². The molecule has 0 aliphatic carbocycles. The zero-order valence-corrected chi connectivity index (χ0v) is 16.9. The van der Waals surface area contributed by atoms with Crippen molar-refractivity contribution in [3.8, 4) is 0 Å². The third-order valence-corrected chi connectivity index (χ3v) is 3.56. The van der Waals surface area contributed by atoms with Crippen LogP contribution in [0.2, 0.25) is 0 Å². The van der Waals surface area contributed by atoms with Gasteiger partial charge in [0, 0.05) is 11.1 Å². The first kappa shape index (κ1) is 21.2. The van der Waals surface area contributed by atoms with Crippen LogP contribution in [0.25, 0.3) is 0 Å². The third kappa shape index (κ3) is 5.94. The number of aryl methyl sites for hydroxylation is 1. The van der Waals surface area contributed by atoms with Crippen LogP contribution in [0.1, 0.15) is 44.4 Å². The van der Waals surface area contributed by atoms with Crippen LogP contribution in [0.4, 0.5) is 9.59 Å². The van der Waals surface area contributed by atoms with Gasteiger partial charge in [-0.25, -0.2) is 9.59 Å². The van der Waals surface area contributed by atoms with Crippen LogP contribution in [0, 0.1) is 6.92 Å². The molecule has 2 amide bonds. The predicted octanol–water partition coefficient (Wildman–Crippen LogP) is 5.14. The molecule has 2 aromatic rings. The van der Waals surface area contributed by atoms with Crippen LogP contribution in [0.3, 0.4) is 0 Å². The highest BCUT2D eigenvalue weighted by atomic mass is 16.6. The number of benzene rings is 2. The lowest BCUT2D eigenvalue weighted by Crippen LogP contribution is -2.37. The van der Waals surface area contributed by atoms with Gasteiger partial charge in [-0.05, 0) is 40.7 Å². The summed E-state index contributed by atoms with van der Waals surface area (Å²) in [4.78, 5) is 25.1. The minimum absolute atomic E-state index is 0.406. The number of carbonyl (C=O) groups is 2. The van der Waals surface area contributed by atoms with Gasteiger partial charge < -0.3 is 9.47 Å². The Morgan fingerprint density at radius 3 is 1.86 bits per heavy atom. The molecule has 0 aliphatic rings. The lowest BCUT2D eigenvalue weighted by molar-refractivity contribution is 0.0518. The van der Waals surface area contributed by atoms with Crippen LogP contribution < -0.4 is 0 Å². The van der Waals surface area contributed by atoms with E-state index in [0.29, 0.717) is 10.7 Å². The fourth-order valence-corrected chi connectivity index (χ4v) is 2.43. The summed E-state index contributed by atoms with van der Waals surface area (Å²) in [6.07, 6.45) is -2.59. The second-order valence-corrected chi connectivity index (χ2v) is 6.86. The molecule has 2 aromatic carbocycles. The summed E-state index contributed by atoms with van der Waals surface area (Å²) in [7, 11) is 0. The molecule has 2 rings (SSSR count). The summed E-state index contributed by atoms with van der Waals surface area (Å²) in [5.74, 6) is 0. The van der Waals surface area contributed by atoms with Gasteiger partial charge in [0.15, 0.2) is 0 Å². The normalized spacial score (nSPS) is 11.5. The Morgan fingerprint density at radius 2 is 1.36 bits per heavy atom. The van der Waals surface area contributed by atoms with Gasteiger partial charge >= 0.3 is 12.2 Å². The number of imide groups is 1. The van der Waals surface area contributed by atoms with E-state index in [1.165, 1.54) is 0 Å². The Balaban J connectivity index is 2.57. The number of carbonyl (C=O) groups excluding carboxylic acids is 2. The maximum atomic E-state index is 12.5. The molecule has 0 saturated heterocycles. The molecule has 6 heteroatoms. The van der Waals surface area contributed by atoms with Gasteiger partial charge in [-0.1, -0.05) is 59.1 Å². The van der Waals surface area contributed by atoms with Gasteiger partial charge in [-0.2, -0.15) is 5.10 Å². The van der Waals surface area contributed by atoms with Gasteiger partial charge in [0.25, 0.3) is 0 Å². The lowest BCUT2D eigenvalue weighted by atomic mass is 10.0. The third-order valence-electron chi connectivity index (χ3n) is 3.56. The van der Waals surface area contributed by atoms with E-state index in [0.717, 1.165) is 16.7 Å². The highest BCUT2D eigenvalue weighted by Gasteiger charge is 2.27. The summed E-state index contributed by atoms with van der Waals surface area (Å²) >= 11 is 0. The number of hydrogen-bond acceptors (Lipinski definition) is 5. The van der Waals surface area contributed by atoms with Gasteiger partial charge in [0.2, 0.25) is 0 Å². The Hall–Kier alpha value is -3.15. The molecule has 28 heavy (non-hydrogen) atoms. The molecule has 0 radical (unpaired) electrons. The number of nitrogens with zero attached hydrogens (tertiary/aromatic N) is 2. The summed E-state index contributed by atoms with van der Waals surface area (Å²) < 4.78 is 10.4. The molecule has 0 saturated carbocycles. The van der Waals surface area contributed by atoms with Crippen molar-refractivity contribution >= 4 is 17.9 Å². The SMILES string of the molecule is Cc1cccc(/C(=N\N(C(=O)OC(C)C)C(=O)OC(C)C)c2ccccc2)c1. The monoisotopic (exact) mass is 382 g/mol. The molecule has 0 unspecified atom stereocenters. The summed E-state index contributed by atoms with van der Waals surface area (Å²) in [5, 5.41) is 5.01. The molecule has 0 atom stereocenters. The van der Waals surface area contributed by atoms with E-state index in [9.17, 15) is 9.59 Å². The summed E-state index contributed by atoms with van der Waals surface area (Å²) in [6.45, 7) is 8.76.